The van der Waals surface area contributed by atoms with Crippen LogP contribution in [0.15, 0.2) is 0 Å². The molecular formula is C9H17NO3. The van der Waals surface area contributed by atoms with Crippen molar-refractivity contribution in [2.75, 3.05) is 0 Å². The average molecular weight is 187 g/mol. The Kier molecular flexibility index (Phi) is 4.45. The molecule has 13 heavy (non-hydrogen) atoms. The quantitative estimate of drug-likeness (QED) is 0.681. The molecule has 0 radical (unpaired) electrons. The average Bonchev–Trinajstić information content (AvgIpc) is 1.81. The number of amides is 1. The molecule has 0 aromatic heterocycles. The largest absolute Gasteiger partial charge is 0.444 e. The second-order valence-electron chi connectivity index (χ2n) is 3.95. The van der Waals surface area contributed by atoms with Crippen molar-refractivity contribution in [3.63, 3.8) is 0 Å². The lowest BCUT2D eigenvalue weighted by Crippen LogP contribution is -2.37. The van der Waals surface area contributed by atoms with Gasteiger partial charge in [0.15, 0.2) is 0 Å². The zero-order valence-corrected chi connectivity index (χ0v) is 8.59. The topological polar surface area (TPSA) is 55.4 Å². The summed E-state index contributed by atoms with van der Waals surface area (Å²) < 4.78 is 4.99. The van der Waals surface area contributed by atoms with Crippen molar-refractivity contribution in [2.24, 2.45) is 0 Å². The van der Waals surface area contributed by atoms with E-state index in [2.05, 4.69) is 5.32 Å². The maximum atomic E-state index is 11.1. The first-order chi connectivity index (χ1) is 5.85. The Morgan fingerprint density at radius 2 is 2.08 bits per heavy atom. The summed E-state index contributed by atoms with van der Waals surface area (Å²) in [6, 6.07) is -0.174. The van der Waals surface area contributed by atoms with Crippen LogP contribution < -0.4 is 5.32 Å². The van der Waals surface area contributed by atoms with Crippen LogP contribution in [0.1, 0.15) is 34.1 Å². The van der Waals surface area contributed by atoms with Crippen molar-refractivity contribution in [1.29, 1.82) is 0 Å². The van der Waals surface area contributed by atoms with Crippen LogP contribution in [0.3, 0.4) is 0 Å². The predicted molar refractivity (Wildman–Crippen MR) is 49.5 cm³/mol. The normalized spacial score (nSPS) is 13.2. The van der Waals surface area contributed by atoms with Crippen molar-refractivity contribution in [3.8, 4) is 0 Å². The van der Waals surface area contributed by atoms with Gasteiger partial charge in [-0.25, -0.2) is 4.79 Å². The molecule has 0 aromatic carbocycles. The van der Waals surface area contributed by atoms with Gasteiger partial charge in [-0.05, 0) is 27.7 Å². The number of alkyl carbamates (subject to hydrolysis) is 1. The van der Waals surface area contributed by atoms with Gasteiger partial charge in [0, 0.05) is 12.5 Å². The van der Waals surface area contributed by atoms with E-state index in [1.54, 1.807) is 27.7 Å². The number of nitrogens with one attached hydrogen (secondary N) is 1. The molecule has 0 aliphatic carbocycles. The van der Waals surface area contributed by atoms with E-state index in [0.717, 1.165) is 6.29 Å². The van der Waals surface area contributed by atoms with Gasteiger partial charge >= 0.3 is 6.09 Å². The summed E-state index contributed by atoms with van der Waals surface area (Å²) in [7, 11) is 0. The van der Waals surface area contributed by atoms with Crippen molar-refractivity contribution < 1.29 is 14.3 Å². The van der Waals surface area contributed by atoms with E-state index < -0.39 is 11.7 Å². The fourth-order valence-electron chi connectivity index (χ4n) is 0.712. The Labute approximate surface area is 78.6 Å². The van der Waals surface area contributed by atoms with Crippen LogP contribution in [0, 0.1) is 0 Å². The Balaban J connectivity index is 3.81. The molecule has 0 rings (SSSR count). The maximum absolute atomic E-state index is 11.1. The van der Waals surface area contributed by atoms with E-state index in [9.17, 15) is 9.59 Å². The molecule has 0 bridgehead atoms. The fraction of sp³-hybridized carbons (Fsp3) is 0.778. The molecule has 0 spiro atoms. The van der Waals surface area contributed by atoms with Crippen LogP contribution in [0.4, 0.5) is 4.79 Å². The summed E-state index contributed by atoms with van der Waals surface area (Å²) in [5.74, 6) is 0. The highest BCUT2D eigenvalue weighted by Gasteiger charge is 2.17. The Bertz CT molecular complexity index is 184. The van der Waals surface area contributed by atoms with Crippen molar-refractivity contribution in [1.82, 2.24) is 5.32 Å². The summed E-state index contributed by atoms with van der Waals surface area (Å²) in [4.78, 5) is 21.2. The van der Waals surface area contributed by atoms with E-state index in [1.165, 1.54) is 0 Å². The number of carbonyl (C=O) groups excluding carboxylic acids is 2. The van der Waals surface area contributed by atoms with Gasteiger partial charge in [0.2, 0.25) is 0 Å². The van der Waals surface area contributed by atoms with Gasteiger partial charge in [-0.15, -0.1) is 0 Å². The summed E-state index contributed by atoms with van der Waals surface area (Å²) in [5, 5.41) is 2.54. The molecule has 0 aliphatic rings. The summed E-state index contributed by atoms with van der Waals surface area (Å²) >= 11 is 0. The van der Waals surface area contributed by atoms with E-state index >= 15 is 0 Å². The third-order valence-electron chi connectivity index (χ3n) is 1.21. The zero-order valence-electron chi connectivity index (χ0n) is 8.59. The fourth-order valence-corrected chi connectivity index (χ4v) is 0.712. The monoisotopic (exact) mass is 187 g/mol. The van der Waals surface area contributed by atoms with Crippen LogP contribution in [0.25, 0.3) is 0 Å². The third kappa shape index (κ3) is 7.31. The number of aldehydes is 1. The number of rotatable bonds is 3. The number of hydrogen-bond acceptors (Lipinski definition) is 3. The Morgan fingerprint density at radius 3 is 2.46 bits per heavy atom. The molecule has 0 saturated carbocycles. The molecule has 0 heterocycles. The number of carbonyl (C=O) groups is 2. The third-order valence-corrected chi connectivity index (χ3v) is 1.21. The van der Waals surface area contributed by atoms with Gasteiger partial charge in [0.25, 0.3) is 0 Å². The van der Waals surface area contributed by atoms with E-state index in [0.29, 0.717) is 6.42 Å². The van der Waals surface area contributed by atoms with Gasteiger partial charge in [0.1, 0.15) is 11.9 Å². The van der Waals surface area contributed by atoms with Crippen LogP contribution in [-0.4, -0.2) is 24.0 Å². The first-order valence-corrected chi connectivity index (χ1v) is 4.28. The second-order valence-corrected chi connectivity index (χ2v) is 3.95. The molecule has 1 N–H and O–H groups in total. The molecule has 0 fully saturated rings. The van der Waals surface area contributed by atoms with Crippen molar-refractivity contribution in [3.05, 3.63) is 0 Å². The minimum absolute atomic E-state index is 0.174. The molecule has 0 saturated heterocycles. The number of ether oxygens (including phenoxy) is 1. The summed E-state index contributed by atoms with van der Waals surface area (Å²) in [6.07, 6.45) is 0.586. The zero-order chi connectivity index (χ0) is 10.5. The lowest BCUT2D eigenvalue weighted by atomic mass is 10.2. The second kappa shape index (κ2) is 4.84. The Morgan fingerprint density at radius 1 is 1.54 bits per heavy atom. The highest BCUT2D eigenvalue weighted by atomic mass is 16.6. The van der Waals surface area contributed by atoms with Crippen molar-refractivity contribution in [2.45, 2.75) is 45.8 Å². The molecule has 1 amide bonds. The van der Waals surface area contributed by atoms with Crippen LogP contribution >= 0.6 is 0 Å². The minimum atomic E-state index is -0.495. The highest BCUT2D eigenvalue weighted by molar-refractivity contribution is 5.68. The van der Waals surface area contributed by atoms with Gasteiger partial charge in [-0.1, -0.05) is 0 Å². The molecule has 0 aliphatic heterocycles. The first kappa shape index (κ1) is 11.9. The van der Waals surface area contributed by atoms with E-state index in [1.807, 2.05) is 0 Å². The lowest BCUT2D eigenvalue weighted by molar-refractivity contribution is -0.108. The van der Waals surface area contributed by atoms with Gasteiger partial charge in [-0.3, -0.25) is 0 Å². The molecular weight excluding hydrogens is 170 g/mol. The molecule has 76 valence electrons. The standard InChI is InChI=1S/C9H17NO3/c1-7(5-6-11)10-8(12)13-9(2,3)4/h6-7H,5H2,1-4H3,(H,10,12). The van der Waals surface area contributed by atoms with Gasteiger partial charge in [-0.2, -0.15) is 0 Å². The molecule has 4 heteroatoms. The lowest BCUT2D eigenvalue weighted by Gasteiger charge is -2.21. The van der Waals surface area contributed by atoms with Crippen LogP contribution in [0.5, 0.6) is 0 Å². The first-order valence-electron chi connectivity index (χ1n) is 4.28. The summed E-state index contributed by atoms with van der Waals surface area (Å²) in [5.41, 5.74) is -0.495. The van der Waals surface area contributed by atoms with E-state index in [-0.39, 0.29) is 6.04 Å². The van der Waals surface area contributed by atoms with Gasteiger partial charge in [0.05, 0.1) is 0 Å². The molecule has 1 unspecified atom stereocenters. The Hall–Kier alpha value is -1.06. The van der Waals surface area contributed by atoms with Crippen LogP contribution in [0.2, 0.25) is 0 Å². The molecule has 1 atom stereocenters. The smallest absolute Gasteiger partial charge is 0.407 e. The highest BCUT2D eigenvalue weighted by Crippen LogP contribution is 2.06. The molecule has 0 aromatic rings. The predicted octanol–water partition coefficient (Wildman–Crippen LogP) is 1.49. The maximum Gasteiger partial charge on any atom is 0.407 e. The molecule has 4 nitrogen and oxygen atoms in total. The van der Waals surface area contributed by atoms with E-state index in [4.69, 9.17) is 4.74 Å². The summed E-state index contributed by atoms with van der Waals surface area (Å²) in [6.45, 7) is 7.11. The van der Waals surface area contributed by atoms with Crippen molar-refractivity contribution >= 4 is 12.4 Å². The van der Waals surface area contributed by atoms with Crippen LogP contribution in [-0.2, 0) is 9.53 Å². The SMILES string of the molecule is CC(CC=O)NC(=O)OC(C)(C)C. The minimum Gasteiger partial charge on any atom is -0.444 e. The van der Waals surface area contributed by atoms with Gasteiger partial charge < -0.3 is 14.8 Å². The number of hydrogen-bond donors (Lipinski definition) is 1.